The minimum atomic E-state index is 0.0649. The molecule has 8 nitrogen and oxygen atoms in total. The number of nitrogens with zero attached hydrogens (tertiary/aromatic N) is 5. The van der Waals surface area contributed by atoms with Gasteiger partial charge in [0.2, 0.25) is 5.91 Å². The first-order chi connectivity index (χ1) is 14.0. The van der Waals surface area contributed by atoms with E-state index in [-0.39, 0.29) is 12.3 Å². The molecule has 0 bridgehead atoms. The highest BCUT2D eigenvalue weighted by atomic mass is 16.5. The maximum atomic E-state index is 12.7. The molecule has 0 unspecified atom stereocenters. The van der Waals surface area contributed by atoms with Crippen LogP contribution in [0.3, 0.4) is 0 Å². The van der Waals surface area contributed by atoms with Crippen LogP contribution in [0.15, 0.2) is 30.3 Å². The lowest BCUT2D eigenvalue weighted by molar-refractivity contribution is -0.131. The molecule has 8 heteroatoms. The van der Waals surface area contributed by atoms with Crippen LogP contribution in [0.25, 0.3) is 5.78 Å². The van der Waals surface area contributed by atoms with Crippen LogP contribution in [0.1, 0.15) is 30.1 Å². The summed E-state index contributed by atoms with van der Waals surface area (Å²) in [4.78, 5) is 23.4. The molecule has 152 valence electrons. The van der Waals surface area contributed by atoms with E-state index in [4.69, 9.17) is 4.74 Å². The first-order valence-electron chi connectivity index (χ1n) is 9.90. The minimum absolute atomic E-state index is 0.0649. The molecule has 0 atom stereocenters. The second kappa shape index (κ2) is 8.06. The molecular weight excluding hydrogens is 368 g/mol. The summed E-state index contributed by atoms with van der Waals surface area (Å²) in [6.45, 7) is 5.34. The Hall–Kier alpha value is -3.16. The number of hydrogen-bond acceptors (Lipinski definition) is 6. The predicted octanol–water partition coefficient (Wildman–Crippen LogP) is 2.40. The van der Waals surface area contributed by atoms with E-state index in [9.17, 15) is 4.79 Å². The van der Waals surface area contributed by atoms with Crippen molar-refractivity contribution in [1.29, 1.82) is 0 Å². The molecule has 0 saturated carbocycles. The van der Waals surface area contributed by atoms with Crippen LogP contribution < -0.4 is 10.1 Å². The van der Waals surface area contributed by atoms with Gasteiger partial charge in [0.05, 0.1) is 13.5 Å². The number of rotatable bonds is 5. The van der Waals surface area contributed by atoms with E-state index in [1.807, 2.05) is 49.1 Å². The minimum Gasteiger partial charge on any atom is -0.497 e. The average Bonchev–Trinajstić information content (AvgIpc) is 3.11. The Bertz CT molecular complexity index is 1020. The van der Waals surface area contributed by atoms with Gasteiger partial charge in [-0.3, -0.25) is 4.79 Å². The van der Waals surface area contributed by atoms with Gasteiger partial charge in [-0.15, -0.1) is 5.10 Å². The summed E-state index contributed by atoms with van der Waals surface area (Å²) < 4.78 is 6.97. The van der Waals surface area contributed by atoms with E-state index in [0.717, 1.165) is 48.8 Å². The van der Waals surface area contributed by atoms with Crippen LogP contribution in [0.2, 0.25) is 0 Å². The summed E-state index contributed by atoms with van der Waals surface area (Å²) in [7, 11) is 1.67. The highest BCUT2D eigenvalue weighted by Gasteiger charge is 2.24. The normalized spacial score (nSPS) is 14.9. The third-order valence-electron chi connectivity index (χ3n) is 5.26. The standard InChI is InChI=1S/C21H26N6O2/c1-14-11-15(2)27-21(22-14)24-19(25-27)13-20(28)26-9-7-16(8-10-26)23-17-5-4-6-18(12-17)29-3/h4-6,11-12,16,23H,7-10,13H2,1-3H3. The Kier molecular flexibility index (Phi) is 5.33. The summed E-state index contributed by atoms with van der Waals surface area (Å²) in [6, 6.07) is 10.2. The first-order valence-corrected chi connectivity index (χ1v) is 9.90. The number of aromatic nitrogens is 4. The van der Waals surface area contributed by atoms with Gasteiger partial charge in [0.15, 0.2) is 5.82 Å². The maximum Gasteiger partial charge on any atom is 0.252 e. The molecule has 0 radical (unpaired) electrons. The Balaban J connectivity index is 1.33. The van der Waals surface area contributed by atoms with Gasteiger partial charge in [-0.25, -0.2) is 9.50 Å². The number of aryl methyl sites for hydroxylation is 2. The zero-order chi connectivity index (χ0) is 20.4. The molecule has 1 amide bonds. The summed E-state index contributed by atoms with van der Waals surface area (Å²) in [6.07, 6.45) is 2.01. The van der Waals surface area contributed by atoms with Crippen LogP contribution >= 0.6 is 0 Å². The summed E-state index contributed by atoms with van der Waals surface area (Å²) in [5.74, 6) is 1.97. The highest BCUT2D eigenvalue weighted by molar-refractivity contribution is 5.78. The van der Waals surface area contributed by atoms with Crippen LogP contribution in [0.5, 0.6) is 5.75 Å². The van der Waals surface area contributed by atoms with Crippen LogP contribution in [-0.4, -0.2) is 56.6 Å². The Morgan fingerprint density at radius 2 is 2.00 bits per heavy atom. The van der Waals surface area contributed by atoms with E-state index < -0.39 is 0 Å². The van der Waals surface area contributed by atoms with Gasteiger partial charge in [0, 0.05) is 42.3 Å². The van der Waals surface area contributed by atoms with Gasteiger partial charge in [0.1, 0.15) is 5.75 Å². The number of carbonyl (C=O) groups excluding carboxylic acids is 1. The van der Waals surface area contributed by atoms with Crippen molar-refractivity contribution in [3.8, 4) is 5.75 Å². The molecule has 1 N–H and O–H groups in total. The highest BCUT2D eigenvalue weighted by Crippen LogP contribution is 2.21. The van der Waals surface area contributed by atoms with Crippen molar-refractivity contribution in [1.82, 2.24) is 24.5 Å². The van der Waals surface area contributed by atoms with Gasteiger partial charge in [-0.2, -0.15) is 4.98 Å². The molecule has 1 aliphatic heterocycles. The third kappa shape index (κ3) is 4.31. The molecule has 1 saturated heterocycles. The fraction of sp³-hybridized carbons (Fsp3) is 0.429. The number of amides is 1. The van der Waals surface area contributed by atoms with Crippen molar-refractivity contribution in [2.24, 2.45) is 0 Å². The summed E-state index contributed by atoms with van der Waals surface area (Å²) in [5, 5.41) is 7.99. The van der Waals surface area contributed by atoms with Crippen molar-refractivity contribution < 1.29 is 9.53 Å². The molecule has 4 rings (SSSR count). The number of anilines is 1. The number of likely N-dealkylation sites (tertiary alicyclic amines) is 1. The van der Waals surface area contributed by atoms with E-state index >= 15 is 0 Å². The third-order valence-corrected chi connectivity index (χ3v) is 5.26. The Morgan fingerprint density at radius 3 is 2.76 bits per heavy atom. The molecule has 2 aromatic heterocycles. The van der Waals surface area contributed by atoms with E-state index in [1.54, 1.807) is 11.6 Å². The number of hydrogen-bond donors (Lipinski definition) is 1. The monoisotopic (exact) mass is 394 g/mol. The van der Waals surface area contributed by atoms with Crippen molar-refractivity contribution in [2.75, 3.05) is 25.5 Å². The second-order valence-electron chi connectivity index (χ2n) is 7.49. The van der Waals surface area contributed by atoms with Crippen molar-refractivity contribution in [3.05, 3.63) is 47.5 Å². The van der Waals surface area contributed by atoms with Crippen LogP contribution in [-0.2, 0) is 11.2 Å². The predicted molar refractivity (Wildman–Crippen MR) is 110 cm³/mol. The second-order valence-corrected chi connectivity index (χ2v) is 7.49. The number of methoxy groups -OCH3 is 1. The molecule has 29 heavy (non-hydrogen) atoms. The molecule has 3 aromatic rings. The fourth-order valence-corrected chi connectivity index (χ4v) is 3.75. The van der Waals surface area contributed by atoms with E-state index in [0.29, 0.717) is 17.6 Å². The topological polar surface area (TPSA) is 84.6 Å². The Morgan fingerprint density at radius 1 is 1.21 bits per heavy atom. The molecule has 3 heterocycles. The van der Waals surface area contributed by atoms with Crippen molar-refractivity contribution in [3.63, 3.8) is 0 Å². The SMILES string of the molecule is COc1cccc(NC2CCN(C(=O)Cc3nc4nc(C)cc(C)n4n3)CC2)c1. The fourth-order valence-electron chi connectivity index (χ4n) is 3.75. The smallest absolute Gasteiger partial charge is 0.252 e. The number of fused-ring (bicyclic) bond motifs is 1. The molecule has 1 aromatic carbocycles. The number of carbonyl (C=O) groups is 1. The van der Waals surface area contributed by atoms with Gasteiger partial charge >= 0.3 is 0 Å². The Labute approximate surface area is 169 Å². The largest absolute Gasteiger partial charge is 0.497 e. The average molecular weight is 394 g/mol. The van der Waals surface area contributed by atoms with Gasteiger partial charge in [0.25, 0.3) is 5.78 Å². The zero-order valence-electron chi connectivity index (χ0n) is 17.1. The molecule has 1 fully saturated rings. The lowest BCUT2D eigenvalue weighted by Gasteiger charge is -2.32. The summed E-state index contributed by atoms with van der Waals surface area (Å²) in [5.41, 5.74) is 2.90. The van der Waals surface area contributed by atoms with Gasteiger partial charge < -0.3 is 15.0 Å². The molecule has 0 aliphatic carbocycles. The van der Waals surface area contributed by atoms with Gasteiger partial charge in [-0.1, -0.05) is 6.07 Å². The lowest BCUT2D eigenvalue weighted by atomic mass is 10.0. The van der Waals surface area contributed by atoms with Crippen LogP contribution in [0, 0.1) is 13.8 Å². The van der Waals surface area contributed by atoms with Gasteiger partial charge in [-0.05, 0) is 44.9 Å². The van der Waals surface area contributed by atoms with E-state index in [2.05, 4.69) is 20.4 Å². The lowest BCUT2D eigenvalue weighted by Crippen LogP contribution is -2.43. The van der Waals surface area contributed by atoms with Crippen molar-refractivity contribution in [2.45, 2.75) is 39.2 Å². The summed E-state index contributed by atoms with van der Waals surface area (Å²) >= 11 is 0. The number of piperidine rings is 1. The maximum absolute atomic E-state index is 12.7. The van der Waals surface area contributed by atoms with E-state index in [1.165, 1.54) is 0 Å². The first kappa shape index (κ1) is 19.2. The zero-order valence-corrected chi connectivity index (χ0v) is 17.1. The number of nitrogens with one attached hydrogen (secondary N) is 1. The van der Waals surface area contributed by atoms with Crippen LogP contribution in [0.4, 0.5) is 5.69 Å². The quantitative estimate of drug-likeness (QED) is 0.715. The van der Waals surface area contributed by atoms with Crippen molar-refractivity contribution >= 4 is 17.4 Å². The number of benzene rings is 1. The molecule has 1 aliphatic rings. The molecule has 0 spiro atoms. The number of ether oxygens (including phenoxy) is 1. The molecular formula is C21H26N6O2.